The summed E-state index contributed by atoms with van der Waals surface area (Å²) >= 11 is 0. The summed E-state index contributed by atoms with van der Waals surface area (Å²) in [6.07, 6.45) is 0.0359. The fraction of sp³-hybridized carbons (Fsp3) is 0.500. The van der Waals surface area contributed by atoms with Crippen molar-refractivity contribution < 1.29 is 14.4 Å². The molecule has 8 heteroatoms. The lowest BCUT2D eigenvalue weighted by Gasteiger charge is -2.31. The number of carbonyl (C=O) groups excluding carboxylic acids is 1. The van der Waals surface area contributed by atoms with Crippen LogP contribution in [0, 0.1) is 6.92 Å². The van der Waals surface area contributed by atoms with Crippen molar-refractivity contribution in [3.63, 3.8) is 0 Å². The molecule has 8 nitrogen and oxygen atoms in total. The first-order valence-electron chi connectivity index (χ1n) is 10.1. The first kappa shape index (κ1) is 21.7. The molecule has 1 aliphatic heterocycles. The zero-order valence-electron chi connectivity index (χ0n) is 18.5. The lowest BCUT2D eigenvalue weighted by molar-refractivity contribution is 0.0219. The Hall–Kier alpha value is -3.03. The molecular formula is C22H30N4O4. The SMILES string of the molecule is COn1c(NC(C)c2ccc(C)cc2)nc2c(c1=O)CN(C(=O)OC(C)(C)C)CC2. The van der Waals surface area contributed by atoms with E-state index in [2.05, 4.69) is 10.3 Å². The number of aromatic nitrogens is 2. The molecule has 30 heavy (non-hydrogen) atoms. The number of nitrogens with one attached hydrogen (secondary N) is 1. The quantitative estimate of drug-likeness (QED) is 0.828. The Morgan fingerprint density at radius 3 is 2.50 bits per heavy atom. The van der Waals surface area contributed by atoms with E-state index in [1.54, 1.807) is 0 Å². The molecule has 3 rings (SSSR count). The van der Waals surface area contributed by atoms with Crippen LogP contribution in [0.3, 0.4) is 0 Å². The molecule has 162 valence electrons. The largest absolute Gasteiger partial charge is 0.444 e. The van der Waals surface area contributed by atoms with Crippen LogP contribution in [-0.4, -0.2) is 40.0 Å². The molecule has 0 saturated heterocycles. The van der Waals surface area contributed by atoms with Gasteiger partial charge in [-0.3, -0.25) is 4.79 Å². The Kier molecular flexibility index (Phi) is 6.05. The third-order valence-corrected chi connectivity index (χ3v) is 4.95. The number of hydrogen-bond donors (Lipinski definition) is 1. The van der Waals surface area contributed by atoms with Gasteiger partial charge in [-0.05, 0) is 40.2 Å². The van der Waals surface area contributed by atoms with Gasteiger partial charge in [-0.25, -0.2) is 9.78 Å². The number of benzene rings is 1. The van der Waals surface area contributed by atoms with Crippen LogP contribution in [0.5, 0.6) is 0 Å². The van der Waals surface area contributed by atoms with E-state index in [0.29, 0.717) is 30.2 Å². The number of amides is 1. The van der Waals surface area contributed by atoms with Gasteiger partial charge in [0.15, 0.2) is 0 Å². The van der Waals surface area contributed by atoms with Crippen LogP contribution in [0.25, 0.3) is 0 Å². The first-order valence-corrected chi connectivity index (χ1v) is 10.1. The molecule has 2 heterocycles. The molecule has 0 aliphatic carbocycles. The predicted octanol–water partition coefficient (Wildman–Crippen LogP) is 3.08. The Morgan fingerprint density at radius 1 is 1.23 bits per heavy atom. The number of aryl methyl sites for hydroxylation is 1. The third kappa shape index (κ3) is 4.75. The van der Waals surface area contributed by atoms with Gasteiger partial charge in [-0.15, -0.1) is 4.73 Å². The summed E-state index contributed by atoms with van der Waals surface area (Å²) < 4.78 is 6.58. The van der Waals surface area contributed by atoms with Crippen LogP contribution in [0.4, 0.5) is 10.7 Å². The van der Waals surface area contributed by atoms with Crippen molar-refractivity contribution in [3.8, 4) is 0 Å². The smallest absolute Gasteiger partial charge is 0.410 e. The second kappa shape index (κ2) is 8.38. The van der Waals surface area contributed by atoms with E-state index < -0.39 is 11.7 Å². The van der Waals surface area contributed by atoms with E-state index in [9.17, 15) is 9.59 Å². The van der Waals surface area contributed by atoms with Crippen molar-refractivity contribution in [2.45, 2.75) is 59.2 Å². The van der Waals surface area contributed by atoms with E-state index in [0.717, 1.165) is 10.3 Å². The maximum Gasteiger partial charge on any atom is 0.410 e. The van der Waals surface area contributed by atoms with E-state index in [1.165, 1.54) is 17.6 Å². The molecule has 2 aromatic rings. The molecule has 1 aromatic heterocycles. The van der Waals surface area contributed by atoms with Crippen molar-refractivity contribution >= 4 is 12.0 Å². The van der Waals surface area contributed by atoms with Crippen molar-refractivity contribution in [2.24, 2.45) is 0 Å². The van der Waals surface area contributed by atoms with Crippen LogP contribution >= 0.6 is 0 Å². The number of nitrogens with zero attached hydrogens (tertiary/aromatic N) is 3. The molecular weight excluding hydrogens is 384 g/mol. The number of ether oxygens (including phenoxy) is 1. The summed E-state index contributed by atoms with van der Waals surface area (Å²) in [6.45, 7) is 10.1. The topological polar surface area (TPSA) is 85.7 Å². The predicted molar refractivity (Wildman–Crippen MR) is 115 cm³/mol. The Balaban J connectivity index is 1.86. The fourth-order valence-corrected chi connectivity index (χ4v) is 3.33. The highest BCUT2D eigenvalue weighted by molar-refractivity contribution is 5.68. The van der Waals surface area contributed by atoms with Gasteiger partial charge >= 0.3 is 6.09 Å². The molecule has 1 amide bonds. The van der Waals surface area contributed by atoms with Crippen molar-refractivity contribution in [1.29, 1.82) is 0 Å². The van der Waals surface area contributed by atoms with Crippen molar-refractivity contribution in [2.75, 3.05) is 19.0 Å². The van der Waals surface area contributed by atoms with Crippen molar-refractivity contribution in [3.05, 3.63) is 57.0 Å². The van der Waals surface area contributed by atoms with Crippen LogP contribution in [0.2, 0.25) is 0 Å². The molecule has 0 fully saturated rings. The number of hydrogen-bond acceptors (Lipinski definition) is 6. The zero-order valence-corrected chi connectivity index (χ0v) is 18.5. The Morgan fingerprint density at radius 2 is 1.90 bits per heavy atom. The van der Waals surface area contributed by atoms with Crippen LogP contribution in [0.1, 0.15) is 56.1 Å². The average molecular weight is 415 g/mol. The monoisotopic (exact) mass is 414 g/mol. The highest BCUT2D eigenvalue weighted by Crippen LogP contribution is 2.22. The van der Waals surface area contributed by atoms with E-state index in [4.69, 9.17) is 9.57 Å². The second-order valence-corrected chi connectivity index (χ2v) is 8.57. The molecule has 0 radical (unpaired) electrons. The normalized spacial score (nSPS) is 14.7. The Bertz CT molecular complexity index is 976. The van der Waals surface area contributed by atoms with Gasteiger partial charge in [0.05, 0.1) is 23.8 Å². The summed E-state index contributed by atoms with van der Waals surface area (Å²) in [4.78, 5) is 37.0. The molecule has 0 saturated carbocycles. The standard InChI is InChI=1S/C22H30N4O4/c1-14-7-9-16(10-8-14)15(2)23-20-24-18-11-12-25(21(28)30-22(3,4)5)13-17(18)19(27)26(20)29-6/h7-10,15H,11-13H2,1-6H3,(H,23,24). The maximum atomic E-state index is 13.1. The molecule has 0 bridgehead atoms. The lowest BCUT2D eigenvalue weighted by Crippen LogP contribution is -2.44. The van der Waals surface area contributed by atoms with Gasteiger partial charge in [-0.2, -0.15) is 0 Å². The minimum Gasteiger partial charge on any atom is -0.444 e. The molecule has 1 unspecified atom stereocenters. The first-order chi connectivity index (χ1) is 14.1. The third-order valence-electron chi connectivity index (χ3n) is 4.95. The van der Waals surface area contributed by atoms with Crippen LogP contribution in [-0.2, 0) is 17.7 Å². The van der Waals surface area contributed by atoms with Gasteiger partial charge in [0.25, 0.3) is 5.56 Å². The summed E-state index contributed by atoms with van der Waals surface area (Å²) in [5.74, 6) is 0.347. The minimum absolute atomic E-state index is 0.0706. The number of rotatable bonds is 4. The lowest BCUT2D eigenvalue weighted by atomic mass is 10.1. The van der Waals surface area contributed by atoms with E-state index >= 15 is 0 Å². The van der Waals surface area contributed by atoms with Gasteiger partial charge in [0.2, 0.25) is 5.95 Å². The van der Waals surface area contributed by atoms with Gasteiger partial charge in [-0.1, -0.05) is 29.8 Å². The fourth-order valence-electron chi connectivity index (χ4n) is 3.33. The summed E-state index contributed by atoms with van der Waals surface area (Å²) in [6, 6.07) is 8.10. The van der Waals surface area contributed by atoms with Crippen LogP contribution < -0.4 is 15.7 Å². The second-order valence-electron chi connectivity index (χ2n) is 8.57. The highest BCUT2D eigenvalue weighted by atomic mass is 16.7. The zero-order chi connectivity index (χ0) is 22.1. The maximum absolute atomic E-state index is 13.1. The van der Waals surface area contributed by atoms with E-state index in [1.807, 2.05) is 58.9 Å². The van der Waals surface area contributed by atoms with Gasteiger partial charge in [0.1, 0.15) is 12.7 Å². The Labute approximate surface area is 176 Å². The number of carbonyl (C=O) groups is 1. The van der Waals surface area contributed by atoms with Crippen LogP contribution in [0.15, 0.2) is 29.1 Å². The highest BCUT2D eigenvalue weighted by Gasteiger charge is 2.29. The minimum atomic E-state index is -0.595. The molecule has 1 aliphatic rings. The van der Waals surface area contributed by atoms with E-state index in [-0.39, 0.29) is 18.1 Å². The molecule has 0 spiro atoms. The van der Waals surface area contributed by atoms with Gasteiger partial charge in [0, 0.05) is 13.0 Å². The number of fused-ring (bicyclic) bond motifs is 1. The molecule has 1 N–H and O–H groups in total. The number of anilines is 1. The van der Waals surface area contributed by atoms with Crippen molar-refractivity contribution in [1.82, 2.24) is 14.6 Å². The molecule has 1 atom stereocenters. The van der Waals surface area contributed by atoms with Gasteiger partial charge < -0.3 is 19.8 Å². The summed E-state index contributed by atoms with van der Waals surface area (Å²) in [7, 11) is 1.42. The summed E-state index contributed by atoms with van der Waals surface area (Å²) in [5.41, 5.74) is 2.46. The summed E-state index contributed by atoms with van der Waals surface area (Å²) in [5, 5.41) is 3.27. The average Bonchev–Trinajstić information content (AvgIpc) is 2.67. The molecule has 1 aromatic carbocycles.